The zero-order valence-electron chi connectivity index (χ0n) is 7.46. The predicted octanol–water partition coefficient (Wildman–Crippen LogP) is 1.56. The molecular weight excluding hydrogens is 190 g/mol. The first-order chi connectivity index (χ1) is 6.75. The Balaban J connectivity index is 2.08. The van der Waals surface area contributed by atoms with E-state index in [1.165, 1.54) is 0 Å². The molecule has 2 heterocycles. The molecule has 3 nitrogen and oxygen atoms in total. The van der Waals surface area contributed by atoms with Crippen molar-refractivity contribution in [2.75, 3.05) is 18.5 Å². The summed E-state index contributed by atoms with van der Waals surface area (Å²) >= 11 is 0. The van der Waals surface area contributed by atoms with Gasteiger partial charge in [-0.1, -0.05) is 0 Å². The van der Waals surface area contributed by atoms with E-state index >= 15 is 0 Å². The molecule has 1 unspecified atom stereocenters. The van der Waals surface area contributed by atoms with Crippen LogP contribution in [0.25, 0.3) is 0 Å². The smallest absolute Gasteiger partial charge is 0.168 e. The second-order valence-electron chi connectivity index (χ2n) is 3.19. The van der Waals surface area contributed by atoms with Gasteiger partial charge in [0.1, 0.15) is 5.82 Å². The van der Waals surface area contributed by atoms with E-state index in [0.29, 0.717) is 13.2 Å². The van der Waals surface area contributed by atoms with Crippen molar-refractivity contribution < 1.29 is 13.5 Å². The maximum absolute atomic E-state index is 13.1. The monoisotopic (exact) mass is 200 g/mol. The van der Waals surface area contributed by atoms with Gasteiger partial charge in [0.05, 0.1) is 18.8 Å². The van der Waals surface area contributed by atoms with Crippen LogP contribution in [0.5, 0.6) is 0 Å². The Hall–Kier alpha value is -1.23. The summed E-state index contributed by atoms with van der Waals surface area (Å²) in [6, 6.07) is 0.882. The highest BCUT2D eigenvalue weighted by atomic mass is 19.1. The van der Waals surface area contributed by atoms with Crippen LogP contribution in [0.3, 0.4) is 0 Å². The summed E-state index contributed by atoms with van der Waals surface area (Å²) in [6.07, 6.45) is 1.81. The molecule has 5 heteroatoms. The first-order valence-electron chi connectivity index (χ1n) is 4.41. The maximum atomic E-state index is 13.1. The predicted molar refractivity (Wildman–Crippen MR) is 47.0 cm³/mol. The highest BCUT2D eigenvalue weighted by Gasteiger charge is 2.17. The third kappa shape index (κ3) is 1.98. The lowest BCUT2D eigenvalue weighted by Crippen LogP contribution is -2.20. The topological polar surface area (TPSA) is 34.2 Å². The molecule has 1 aliphatic rings. The number of halogens is 2. The highest BCUT2D eigenvalue weighted by Crippen LogP contribution is 2.15. The molecule has 0 bridgehead atoms. The normalized spacial score (nSPS) is 21.1. The van der Waals surface area contributed by atoms with E-state index in [0.717, 1.165) is 18.7 Å². The molecule has 1 aromatic heterocycles. The molecule has 1 aromatic rings. The Morgan fingerprint density at radius 2 is 2.36 bits per heavy atom. The van der Waals surface area contributed by atoms with Gasteiger partial charge in [-0.2, -0.15) is 0 Å². The summed E-state index contributed by atoms with van der Waals surface area (Å²) in [5.74, 6) is -1.26. The standard InChI is InChI=1S/C9H10F2N2O/c10-6-3-8(11)9(12-4-6)13-7-1-2-14-5-7/h3-4,7H,1-2,5H2,(H,12,13). The van der Waals surface area contributed by atoms with Gasteiger partial charge in [0.25, 0.3) is 0 Å². The van der Waals surface area contributed by atoms with E-state index in [4.69, 9.17) is 4.74 Å². The zero-order valence-corrected chi connectivity index (χ0v) is 7.46. The van der Waals surface area contributed by atoms with E-state index in [1.54, 1.807) is 0 Å². The van der Waals surface area contributed by atoms with Gasteiger partial charge in [0.15, 0.2) is 11.6 Å². The molecule has 1 N–H and O–H groups in total. The number of nitrogens with one attached hydrogen (secondary N) is 1. The molecule has 0 aromatic carbocycles. The van der Waals surface area contributed by atoms with Crippen LogP contribution in [-0.2, 0) is 4.74 Å². The van der Waals surface area contributed by atoms with E-state index < -0.39 is 11.6 Å². The molecule has 1 aliphatic heterocycles. The highest BCUT2D eigenvalue weighted by molar-refractivity contribution is 5.37. The minimum Gasteiger partial charge on any atom is -0.379 e. The Kier molecular flexibility index (Phi) is 2.58. The Morgan fingerprint density at radius 3 is 3.00 bits per heavy atom. The SMILES string of the molecule is Fc1cnc(NC2CCOC2)c(F)c1. The Bertz CT molecular complexity index is 327. The van der Waals surface area contributed by atoms with Gasteiger partial charge in [-0.3, -0.25) is 0 Å². The molecule has 2 rings (SSSR count). The fraction of sp³-hybridized carbons (Fsp3) is 0.444. The molecule has 1 saturated heterocycles. The molecule has 0 aliphatic carbocycles. The lowest BCUT2D eigenvalue weighted by Gasteiger charge is -2.11. The van der Waals surface area contributed by atoms with E-state index in [-0.39, 0.29) is 11.9 Å². The van der Waals surface area contributed by atoms with Crippen molar-refractivity contribution in [3.05, 3.63) is 23.9 Å². The van der Waals surface area contributed by atoms with Crippen molar-refractivity contribution >= 4 is 5.82 Å². The van der Waals surface area contributed by atoms with Crippen LogP contribution in [0.2, 0.25) is 0 Å². The first kappa shape index (κ1) is 9.33. The maximum Gasteiger partial charge on any atom is 0.168 e. The van der Waals surface area contributed by atoms with Gasteiger partial charge in [-0.25, -0.2) is 13.8 Å². The lowest BCUT2D eigenvalue weighted by atomic mass is 10.2. The summed E-state index contributed by atoms with van der Waals surface area (Å²) in [5, 5.41) is 2.86. The van der Waals surface area contributed by atoms with Gasteiger partial charge in [-0.05, 0) is 6.42 Å². The number of rotatable bonds is 2. The minimum absolute atomic E-state index is 0.0717. The summed E-state index contributed by atoms with van der Waals surface area (Å²) in [4.78, 5) is 3.62. The van der Waals surface area contributed by atoms with Crippen LogP contribution in [0, 0.1) is 11.6 Å². The minimum atomic E-state index is -0.671. The molecule has 0 spiro atoms. The number of nitrogens with zero attached hydrogens (tertiary/aromatic N) is 1. The Morgan fingerprint density at radius 1 is 1.50 bits per heavy atom. The number of hydrogen-bond acceptors (Lipinski definition) is 3. The largest absolute Gasteiger partial charge is 0.379 e. The van der Waals surface area contributed by atoms with Gasteiger partial charge < -0.3 is 10.1 Å². The lowest BCUT2D eigenvalue weighted by molar-refractivity contribution is 0.195. The summed E-state index contributed by atoms with van der Waals surface area (Å²) in [7, 11) is 0. The number of pyridine rings is 1. The van der Waals surface area contributed by atoms with Crippen molar-refractivity contribution in [3.8, 4) is 0 Å². The van der Waals surface area contributed by atoms with Crippen molar-refractivity contribution in [2.45, 2.75) is 12.5 Å². The van der Waals surface area contributed by atoms with Gasteiger partial charge in [-0.15, -0.1) is 0 Å². The molecule has 1 atom stereocenters. The van der Waals surface area contributed by atoms with Crippen LogP contribution >= 0.6 is 0 Å². The second kappa shape index (κ2) is 3.88. The van der Waals surface area contributed by atoms with Gasteiger partial charge in [0.2, 0.25) is 0 Å². The van der Waals surface area contributed by atoms with Crippen LogP contribution in [0.4, 0.5) is 14.6 Å². The number of ether oxygens (including phenoxy) is 1. The fourth-order valence-corrected chi connectivity index (χ4v) is 1.36. The molecule has 0 radical (unpaired) electrons. The van der Waals surface area contributed by atoms with E-state index in [1.807, 2.05) is 0 Å². The van der Waals surface area contributed by atoms with Crippen molar-refractivity contribution in [1.29, 1.82) is 0 Å². The molecule has 76 valence electrons. The molecule has 0 amide bonds. The van der Waals surface area contributed by atoms with Crippen LogP contribution in [-0.4, -0.2) is 24.2 Å². The molecule has 0 saturated carbocycles. The molecule has 1 fully saturated rings. The first-order valence-corrected chi connectivity index (χ1v) is 4.41. The van der Waals surface area contributed by atoms with Gasteiger partial charge >= 0.3 is 0 Å². The fourth-order valence-electron chi connectivity index (χ4n) is 1.36. The van der Waals surface area contributed by atoms with Crippen LogP contribution < -0.4 is 5.32 Å². The van der Waals surface area contributed by atoms with Gasteiger partial charge in [0, 0.05) is 12.7 Å². The Labute approximate surface area is 80.1 Å². The third-order valence-corrected chi connectivity index (χ3v) is 2.08. The molecule has 14 heavy (non-hydrogen) atoms. The summed E-state index contributed by atoms with van der Waals surface area (Å²) in [6.45, 7) is 1.21. The molecular formula is C9H10F2N2O. The zero-order chi connectivity index (χ0) is 9.97. The van der Waals surface area contributed by atoms with E-state index in [9.17, 15) is 8.78 Å². The number of anilines is 1. The second-order valence-corrected chi connectivity index (χ2v) is 3.19. The van der Waals surface area contributed by atoms with E-state index in [2.05, 4.69) is 10.3 Å². The van der Waals surface area contributed by atoms with Crippen LogP contribution in [0.1, 0.15) is 6.42 Å². The number of hydrogen-bond donors (Lipinski definition) is 1. The summed E-state index contributed by atoms with van der Waals surface area (Å²) < 4.78 is 30.7. The average molecular weight is 200 g/mol. The van der Waals surface area contributed by atoms with Crippen LogP contribution in [0.15, 0.2) is 12.3 Å². The number of aromatic nitrogens is 1. The third-order valence-electron chi connectivity index (χ3n) is 2.08. The van der Waals surface area contributed by atoms with Crippen molar-refractivity contribution in [2.24, 2.45) is 0 Å². The quantitative estimate of drug-likeness (QED) is 0.786. The van der Waals surface area contributed by atoms with Crippen molar-refractivity contribution in [1.82, 2.24) is 4.98 Å². The van der Waals surface area contributed by atoms with Crippen molar-refractivity contribution in [3.63, 3.8) is 0 Å². The summed E-state index contributed by atoms with van der Waals surface area (Å²) in [5.41, 5.74) is 0. The average Bonchev–Trinajstić information content (AvgIpc) is 2.62.